The number of thiophene rings is 1. The van der Waals surface area contributed by atoms with E-state index in [1.807, 2.05) is 17.5 Å². The van der Waals surface area contributed by atoms with Gasteiger partial charge >= 0.3 is 23.9 Å². The number of rotatable bonds is 7. The van der Waals surface area contributed by atoms with E-state index in [1.54, 1.807) is 48.6 Å². The number of amides is 7. The zero-order valence-electron chi connectivity index (χ0n) is 16.2. The summed E-state index contributed by atoms with van der Waals surface area (Å²) in [5, 5.41) is 6.51. The Hall–Kier alpha value is -3.53. The topological polar surface area (TPSA) is 116 Å². The van der Waals surface area contributed by atoms with Crippen LogP contribution < -0.4 is 10.6 Å². The summed E-state index contributed by atoms with van der Waals surface area (Å²) in [6.07, 6.45) is 0.614. The van der Waals surface area contributed by atoms with Gasteiger partial charge in [-0.25, -0.2) is 19.4 Å². The quantitative estimate of drug-likeness (QED) is 0.514. The summed E-state index contributed by atoms with van der Waals surface area (Å²) in [7, 11) is 0. The Morgan fingerprint density at radius 2 is 1.77 bits per heavy atom. The molecular weight excluding hydrogens is 408 g/mol. The fourth-order valence-electron chi connectivity index (χ4n) is 2.99. The molecule has 0 spiro atoms. The van der Waals surface area contributed by atoms with Crippen molar-refractivity contribution in [2.45, 2.75) is 19.4 Å². The summed E-state index contributed by atoms with van der Waals surface area (Å²) in [5.41, 5.74) is 0.670. The molecule has 0 saturated carbocycles. The van der Waals surface area contributed by atoms with Gasteiger partial charge in [-0.05, 0) is 30.4 Å². The van der Waals surface area contributed by atoms with Crippen LogP contribution in [0.3, 0.4) is 0 Å². The van der Waals surface area contributed by atoms with E-state index >= 15 is 0 Å². The molecule has 30 heavy (non-hydrogen) atoms. The summed E-state index contributed by atoms with van der Waals surface area (Å²) in [6.45, 7) is 1.21. The molecule has 1 aliphatic heterocycles. The van der Waals surface area contributed by atoms with Crippen molar-refractivity contribution in [2.24, 2.45) is 0 Å². The molecule has 1 saturated heterocycles. The molecule has 1 aromatic heterocycles. The van der Waals surface area contributed by atoms with E-state index in [9.17, 15) is 24.0 Å². The zero-order valence-corrected chi connectivity index (χ0v) is 17.0. The van der Waals surface area contributed by atoms with Gasteiger partial charge in [-0.1, -0.05) is 36.4 Å². The van der Waals surface area contributed by atoms with Gasteiger partial charge in [0.15, 0.2) is 0 Å². The highest BCUT2D eigenvalue weighted by atomic mass is 32.1. The predicted molar refractivity (Wildman–Crippen MR) is 108 cm³/mol. The molecular formula is C20H20N4O5S. The molecule has 2 aromatic rings. The Kier molecular flexibility index (Phi) is 6.58. The Morgan fingerprint density at radius 1 is 1.03 bits per heavy atom. The third kappa shape index (κ3) is 4.71. The number of imide groups is 3. The van der Waals surface area contributed by atoms with Crippen LogP contribution in [0.2, 0.25) is 0 Å². The van der Waals surface area contributed by atoms with Gasteiger partial charge in [-0.2, -0.15) is 0 Å². The van der Waals surface area contributed by atoms with Crippen molar-refractivity contribution in [1.29, 1.82) is 0 Å². The van der Waals surface area contributed by atoms with Crippen LogP contribution in [-0.4, -0.2) is 52.7 Å². The fourth-order valence-corrected chi connectivity index (χ4v) is 3.70. The summed E-state index contributed by atoms with van der Waals surface area (Å²) in [6, 6.07) is 10.3. The molecule has 7 amide bonds. The first kappa shape index (κ1) is 21.2. The highest BCUT2D eigenvalue weighted by Gasteiger charge is 2.47. The van der Waals surface area contributed by atoms with Gasteiger partial charge < -0.3 is 5.32 Å². The summed E-state index contributed by atoms with van der Waals surface area (Å²) < 4.78 is 0. The maximum atomic E-state index is 12.6. The van der Waals surface area contributed by atoms with Crippen molar-refractivity contribution < 1.29 is 24.0 Å². The van der Waals surface area contributed by atoms with Crippen molar-refractivity contribution in [3.05, 3.63) is 58.3 Å². The molecule has 1 aromatic carbocycles. The largest absolute Gasteiger partial charge is 0.337 e. The average Bonchev–Trinajstić information content (AvgIpc) is 3.31. The Bertz CT molecular complexity index is 961. The molecule has 1 unspecified atom stereocenters. The van der Waals surface area contributed by atoms with Crippen LogP contribution in [-0.2, 0) is 20.8 Å². The third-order valence-corrected chi connectivity index (χ3v) is 5.48. The first-order valence-corrected chi connectivity index (χ1v) is 10.1. The number of carbonyl (C=O) groups excluding carboxylic acids is 5. The molecule has 2 N–H and O–H groups in total. The van der Waals surface area contributed by atoms with E-state index in [4.69, 9.17) is 0 Å². The minimum Gasteiger partial charge on any atom is -0.337 e. The maximum absolute atomic E-state index is 12.6. The van der Waals surface area contributed by atoms with Crippen LogP contribution in [0.1, 0.15) is 23.4 Å². The standard InChI is InChI=1S/C20H20N4O5S/c1-13(14-6-3-2-4-7-14)24-18(27)17(26)23(20(24)29)12-16(25)22-19(28)21-10-9-15-8-5-11-30-15/h2-8,11,13H,9-10,12H2,1H3,(H2,21,22,25,28). The zero-order chi connectivity index (χ0) is 21.7. The number of nitrogens with one attached hydrogen (secondary N) is 2. The lowest BCUT2D eigenvalue weighted by atomic mass is 10.1. The van der Waals surface area contributed by atoms with Crippen molar-refractivity contribution >= 4 is 41.1 Å². The van der Waals surface area contributed by atoms with Crippen LogP contribution in [0, 0.1) is 0 Å². The molecule has 0 aliphatic carbocycles. The van der Waals surface area contributed by atoms with Crippen LogP contribution in [0.15, 0.2) is 47.8 Å². The van der Waals surface area contributed by atoms with Crippen LogP contribution in [0.5, 0.6) is 0 Å². The van der Waals surface area contributed by atoms with Crippen molar-refractivity contribution in [1.82, 2.24) is 20.4 Å². The molecule has 10 heteroatoms. The van der Waals surface area contributed by atoms with Gasteiger partial charge in [-0.3, -0.25) is 19.7 Å². The highest BCUT2D eigenvalue weighted by Crippen LogP contribution is 2.25. The van der Waals surface area contributed by atoms with E-state index in [-0.39, 0.29) is 0 Å². The van der Waals surface area contributed by atoms with Gasteiger partial charge in [0.1, 0.15) is 6.54 Å². The number of carbonyl (C=O) groups is 5. The smallest absolute Gasteiger partial charge is 0.335 e. The van der Waals surface area contributed by atoms with E-state index in [0.717, 1.165) is 9.78 Å². The monoisotopic (exact) mass is 428 g/mol. The van der Waals surface area contributed by atoms with Gasteiger partial charge in [0.2, 0.25) is 5.91 Å². The molecule has 1 fully saturated rings. The number of nitrogens with zero attached hydrogens (tertiary/aromatic N) is 2. The lowest BCUT2D eigenvalue weighted by molar-refractivity contribution is -0.144. The van der Waals surface area contributed by atoms with Crippen LogP contribution in [0.4, 0.5) is 9.59 Å². The second-order valence-corrected chi connectivity index (χ2v) is 7.60. The average molecular weight is 428 g/mol. The minimum atomic E-state index is -1.10. The predicted octanol–water partition coefficient (Wildman–Crippen LogP) is 1.67. The highest BCUT2D eigenvalue weighted by molar-refractivity contribution is 7.09. The van der Waals surface area contributed by atoms with E-state index in [1.165, 1.54) is 0 Å². The Labute approximate surface area is 176 Å². The molecule has 3 rings (SSSR count). The summed E-state index contributed by atoms with van der Waals surface area (Å²) in [5.74, 6) is -2.98. The second-order valence-electron chi connectivity index (χ2n) is 6.57. The van der Waals surface area contributed by atoms with Crippen LogP contribution in [0.25, 0.3) is 0 Å². The van der Waals surface area contributed by atoms with Gasteiger partial charge in [0.25, 0.3) is 0 Å². The SMILES string of the molecule is CC(c1ccccc1)N1C(=O)C(=O)N(CC(=O)NC(=O)NCCc2cccs2)C1=O. The number of benzene rings is 1. The first-order valence-electron chi connectivity index (χ1n) is 9.22. The normalized spacial score (nSPS) is 14.8. The summed E-state index contributed by atoms with van der Waals surface area (Å²) in [4.78, 5) is 63.5. The maximum Gasteiger partial charge on any atom is 0.335 e. The van der Waals surface area contributed by atoms with Crippen molar-refractivity contribution in [2.75, 3.05) is 13.1 Å². The van der Waals surface area contributed by atoms with Gasteiger partial charge in [-0.15, -0.1) is 11.3 Å². The number of hydrogen-bond acceptors (Lipinski definition) is 6. The van der Waals surface area contributed by atoms with Crippen LogP contribution >= 0.6 is 11.3 Å². The molecule has 1 atom stereocenters. The molecule has 2 heterocycles. The minimum absolute atomic E-state index is 0.321. The van der Waals surface area contributed by atoms with Gasteiger partial charge in [0.05, 0.1) is 6.04 Å². The van der Waals surface area contributed by atoms with Crippen molar-refractivity contribution in [3.63, 3.8) is 0 Å². The first-order chi connectivity index (χ1) is 14.4. The molecule has 0 radical (unpaired) electrons. The second kappa shape index (κ2) is 9.31. The molecule has 1 aliphatic rings. The lowest BCUT2D eigenvalue weighted by Gasteiger charge is -2.22. The number of urea groups is 2. The van der Waals surface area contributed by atoms with E-state index in [0.29, 0.717) is 23.4 Å². The van der Waals surface area contributed by atoms with E-state index in [2.05, 4.69) is 10.6 Å². The Balaban J connectivity index is 1.54. The summed E-state index contributed by atoms with van der Waals surface area (Å²) >= 11 is 1.55. The molecule has 156 valence electrons. The Morgan fingerprint density at radius 3 is 2.43 bits per heavy atom. The van der Waals surface area contributed by atoms with Crippen molar-refractivity contribution in [3.8, 4) is 0 Å². The lowest BCUT2D eigenvalue weighted by Crippen LogP contribution is -2.46. The number of hydrogen-bond donors (Lipinski definition) is 2. The third-order valence-electron chi connectivity index (χ3n) is 4.54. The fraction of sp³-hybridized carbons (Fsp3) is 0.250. The van der Waals surface area contributed by atoms with E-state index < -0.39 is 42.4 Å². The molecule has 0 bridgehead atoms. The molecule has 9 nitrogen and oxygen atoms in total. The van der Waals surface area contributed by atoms with Gasteiger partial charge in [0, 0.05) is 11.4 Å².